The first-order chi connectivity index (χ1) is 10.3. The van der Waals surface area contributed by atoms with Crippen molar-refractivity contribution >= 4 is 55.2 Å². The standard InChI is InChI=1S/C14H22Cl4O3Si/c1-12(16)4-8-19-22(11-7-15,20-9-5-13(2)17)21-10-6-14(3)18/h4-6H,7-11H2,1-3H3. The van der Waals surface area contributed by atoms with Gasteiger partial charge < -0.3 is 13.3 Å². The molecule has 0 unspecified atom stereocenters. The number of allylic oxidation sites excluding steroid dienone is 3. The Morgan fingerprint density at radius 3 is 1.32 bits per heavy atom. The molecule has 0 aromatic carbocycles. The summed E-state index contributed by atoms with van der Waals surface area (Å²) in [5.74, 6) is 0.364. The molecule has 0 amide bonds. The molecule has 0 aliphatic heterocycles. The lowest BCUT2D eigenvalue weighted by molar-refractivity contribution is 0.0873. The fourth-order valence-corrected chi connectivity index (χ4v) is 4.12. The summed E-state index contributed by atoms with van der Waals surface area (Å²) in [4.78, 5) is 0. The van der Waals surface area contributed by atoms with Crippen molar-refractivity contribution in [2.45, 2.75) is 26.8 Å². The minimum absolute atomic E-state index is 0.297. The van der Waals surface area contributed by atoms with Crippen LogP contribution in [0.15, 0.2) is 33.3 Å². The van der Waals surface area contributed by atoms with Crippen LogP contribution in [0.1, 0.15) is 20.8 Å². The predicted octanol–water partition coefficient (Wildman–Crippen LogP) is 5.64. The van der Waals surface area contributed by atoms with Gasteiger partial charge in [0.05, 0.1) is 19.8 Å². The monoisotopic (exact) mass is 406 g/mol. The second kappa shape index (κ2) is 12.8. The summed E-state index contributed by atoms with van der Waals surface area (Å²) < 4.78 is 17.5. The zero-order valence-electron chi connectivity index (χ0n) is 13.0. The quantitative estimate of drug-likeness (QED) is 0.327. The van der Waals surface area contributed by atoms with E-state index in [4.69, 9.17) is 59.7 Å². The van der Waals surface area contributed by atoms with Crippen LogP contribution in [0.3, 0.4) is 0 Å². The molecule has 8 heteroatoms. The molecule has 0 radical (unpaired) electrons. The molecule has 0 bridgehead atoms. The molecule has 128 valence electrons. The van der Waals surface area contributed by atoms with Gasteiger partial charge in [-0.1, -0.05) is 34.8 Å². The van der Waals surface area contributed by atoms with E-state index in [1.807, 2.05) is 0 Å². The van der Waals surface area contributed by atoms with Gasteiger partial charge in [0.1, 0.15) is 0 Å². The first kappa shape index (κ1) is 22.5. The Bertz CT molecular complexity index is 344. The molecule has 0 aliphatic rings. The summed E-state index contributed by atoms with van der Waals surface area (Å²) in [5, 5.41) is 1.92. The van der Waals surface area contributed by atoms with E-state index in [1.54, 1.807) is 39.0 Å². The third kappa shape index (κ3) is 12.0. The van der Waals surface area contributed by atoms with Crippen molar-refractivity contribution < 1.29 is 13.3 Å². The van der Waals surface area contributed by atoms with Gasteiger partial charge in [-0.3, -0.25) is 0 Å². The minimum atomic E-state index is -2.94. The summed E-state index contributed by atoms with van der Waals surface area (Å²) in [6.07, 6.45) is 5.24. The molecule has 0 saturated heterocycles. The van der Waals surface area contributed by atoms with Crippen molar-refractivity contribution in [3.63, 3.8) is 0 Å². The molecule has 0 atom stereocenters. The van der Waals surface area contributed by atoms with Crippen molar-refractivity contribution in [1.29, 1.82) is 0 Å². The highest BCUT2D eigenvalue weighted by atomic mass is 35.5. The van der Waals surface area contributed by atoms with Gasteiger partial charge in [-0.2, -0.15) is 0 Å². The van der Waals surface area contributed by atoms with Crippen molar-refractivity contribution in [2.75, 3.05) is 25.7 Å². The fourth-order valence-electron chi connectivity index (χ4n) is 1.31. The number of hydrogen-bond donors (Lipinski definition) is 0. The summed E-state index contributed by atoms with van der Waals surface area (Å²) in [7, 11) is -2.94. The lowest BCUT2D eigenvalue weighted by atomic mass is 10.5. The third-order valence-electron chi connectivity index (χ3n) is 2.40. The van der Waals surface area contributed by atoms with Crippen LogP contribution in [0, 0.1) is 0 Å². The zero-order valence-corrected chi connectivity index (χ0v) is 17.0. The maximum atomic E-state index is 5.88. The molecule has 0 heterocycles. The SMILES string of the molecule is CC(Cl)=CCO[Si](CCCl)(OCC=C(C)Cl)OCC=C(C)Cl. The average Bonchev–Trinajstić information content (AvgIpc) is 2.37. The van der Waals surface area contributed by atoms with Gasteiger partial charge in [0.25, 0.3) is 0 Å². The smallest absolute Gasteiger partial charge is 0.369 e. The van der Waals surface area contributed by atoms with Crippen LogP contribution in [-0.2, 0) is 13.3 Å². The first-order valence-electron chi connectivity index (χ1n) is 6.76. The summed E-state index contributed by atoms with van der Waals surface area (Å²) >= 11 is 23.3. The van der Waals surface area contributed by atoms with E-state index in [9.17, 15) is 0 Å². The van der Waals surface area contributed by atoms with E-state index in [2.05, 4.69) is 0 Å². The average molecular weight is 408 g/mol. The Balaban J connectivity index is 4.93. The number of halogens is 4. The van der Waals surface area contributed by atoms with Crippen LogP contribution in [0.25, 0.3) is 0 Å². The van der Waals surface area contributed by atoms with Crippen LogP contribution in [0.2, 0.25) is 6.04 Å². The largest absolute Gasteiger partial charge is 0.502 e. The number of rotatable bonds is 11. The Kier molecular flexibility index (Phi) is 13.1. The van der Waals surface area contributed by atoms with E-state index in [0.717, 1.165) is 0 Å². The summed E-state index contributed by atoms with van der Waals surface area (Å²) in [6.45, 7) is 6.21. The zero-order chi connectivity index (χ0) is 17.0. The molecule has 0 aromatic rings. The van der Waals surface area contributed by atoms with Crippen molar-refractivity contribution in [3.05, 3.63) is 33.3 Å². The second-order valence-electron chi connectivity index (χ2n) is 4.43. The Labute approximate surface area is 154 Å². The Hall–Kier alpha value is 0.477. The van der Waals surface area contributed by atoms with Gasteiger partial charge in [0.15, 0.2) is 0 Å². The van der Waals surface area contributed by atoms with Crippen molar-refractivity contribution in [3.8, 4) is 0 Å². The van der Waals surface area contributed by atoms with Crippen LogP contribution in [-0.4, -0.2) is 34.5 Å². The molecule has 22 heavy (non-hydrogen) atoms. The Morgan fingerprint density at radius 2 is 1.09 bits per heavy atom. The van der Waals surface area contributed by atoms with Gasteiger partial charge in [-0.15, -0.1) is 11.6 Å². The van der Waals surface area contributed by atoms with Crippen LogP contribution >= 0.6 is 46.4 Å². The highest BCUT2D eigenvalue weighted by Gasteiger charge is 2.40. The van der Waals surface area contributed by atoms with E-state index < -0.39 is 8.80 Å². The molecular weight excluding hydrogens is 386 g/mol. The number of hydrogen-bond acceptors (Lipinski definition) is 3. The Morgan fingerprint density at radius 1 is 0.773 bits per heavy atom. The van der Waals surface area contributed by atoms with Gasteiger partial charge >= 0.3 is 8.80 Å². The second-order valence-corrected chi connectivity index (χ2v) is 9.33. The lowest BCUT2D eigenvalue weighted by Crippen LogP contribution is -2.46. The maximum absolute atomic E-state index is 5.88. The van der Waals surface area contributed by atoms with Crippen molar-refractivity contribution in [2.24, 2.45) is 0 Å². The maximum Gasteiger partial charge on any atom is 0.502 e. The molecule has 0 rings (SSSR count). The summed E-state index contributed by atoms with van der Waals surface area (Å²) in [5.41, 5.74) is 0. The first-order valence-corrected chi connectivity index (χ1v) is 10.4. The normalized spacial score (nSPS) is 16.8. The number of alkyl halides is 1. The molecule has 0 spiro atoms. The van der Waals surface area contributed by atoms with E-state index in [0.29, 0.717) is 46.8 Å². The third-order valence-corrected chi connectivity index (χ3v) is 6.05. The molecule has 0 fully saturated rings. The molecule has 0 saturated carbocycles. The lowest BCUT2D eigenvalue weighted by Gasteiger charge is -2.28. The molecule has 3 nitrogen and oxygen atoms in total. The highest BCUT2D eigenvalue weighted by Crippen LogP contribution is 2.18. The fraction of sp³-hybridized carbons (Fsp3) is 0.571. The predicted molar refractivity (Wildman–Crippen MR) is 98.0 cm³/mol. The van der Waals surface area contributed by atoms with E-state index >= 15 is 0 Å². The van der Waals surface area contributed by atoms with Crippen molar-refractivity contribution in [1.82, 2.24) is 0 Å². The summed E-state index contributed by atoms with van der Waals surface area (Å²) in [6, 6.07) is 0.480. The highest BCUT2D eigenvalue weighted by molar-refractivity contribution is 6.61. The van der Waals surface area contributed by atoms with Gasteiger partial charge in [0, 0.05) is 27.0 Å². The van der Waals surface area contributed by atoms with E-state index in [1.165, 1.54) is 0 Å². The van der Waals surface area contributed by atoms with Crippen LogP contribution in [0.5, 0.6) is 0 Å². The minimum Gasteiger partial charge on any atom is -0.369 e. The molecule has 0 aliphatic carbocycles. The van der Waals surface area contributed by atoms with Gasteiger partial charge in [-0.05, 0) is 39.0 Å². The molecular formula is C14H22Cl4O3Si. The molecule has 0 N–H and O–H groups in total. The topological polar surface area (TPSA) is 27.7 Å². The molecule has 0 aromatic heterocycles. The van der Waals surface area contributed by atoms with E-state index in [-0.39, 0.29) is 0 Å². The van der Waals surface area contributed by atoms with Crippen LogP contribution < -0.4 is 0 Å². The van der Waals surface area contributed by atoms with Gasteiger partial charge in [-0.25, -0.2) is 0 Å². The van der Waals surface area contributed by atoms with Gasteiger partial charge in [0.2, 0.25) is 0 Å². The van der Waals surface area contributed by atoms with Crippen LogP contribution in [0.4, 0.5) is 0 Å².